The molecule has 2 aliphatic rings. The Morgan fingerprint density at radius 3 is 2.39 bits per heavy atom. The van der Waals surface area contributed by atoms with Crippen molar-refractivity contribution in [2.75, 3.05) is 18.1 Å². The van der Waals surface area contributed by atoms with Gasteiger partial charge in [-0.15, -0.1) is 0 Å². The second-order valence-corrected chi connectivity index (χ2v) is 9.45. The van der Waals surface area contributed by atoms with Gasteiger partial charge in [0, 0.05) is 36.7 Å². The monoisotopic (exact) mass is 411 g/mol. The van der Waals surface area contributed by atoms with E-state index < -0.39 is 20.2 Å². The normalized spacial score (nSPS) is 19.4. The predicted octanol–water partition coefficient (Wildman–Crippen LogP) is 3.50. The molecule has 0 radical (unpaired) electrons. The Morgan fingerprint density at radius 2 is 1.82 bits per heavy atom. The molecule has 0 amide bonds. The molecule has 2 aromatic rings. The molecule has 0 bridgehead atoms. The molecule has 0 atom stereocenters. The van der Waals surface area contributed by atoms with Crippen LogP contribution in [0.5, 0.6) is 0 Å². The number of benzene rings is 1. The predicted molar refractivity (Wildman–Crippen MR) is 98.4 cm³/mol. The maximum absolute atomic E-state index is 12.7. The lowest BCUT2D eigenvalue weighted by molar-refractivity contribution is -0.0436. The van der Waals surface area contributed by atoms with Crippen LogP contribution in [0.3, 0.4) is 0 Å². The summed E-state index contributed by atoms with van der Waals surface area (Å²) in [5.41, 5.74) is -2.15. The summed E-state index contributed by atoms with van der Waals surface area (Å²) in [5.74, 6) is 0. The van der Waals surface area contributed by atoms with E-state index in [1.165, 1.54) is 17.7 Å². The van der Waals surface area contributed by atoms with Gasteiger partial charge in [0.1, 0.15) is 0 Å². The summed E-state index contributed by atoms with van der Waals surface area (Å²) in [5, 5.41) is 0. The summed E-state index contributed by atoms with van der Waals surface area (Å²) in [6.07, 6.45) is 5.76. The Labute approximate surface area is 161 Å². The highest BCUT2D eigenvalue weighted by Gasteiger charge is 2.53. The fourth-order valence-electron chi connectivity index (χ4n) is 3.73. The average Bonchev–Trinajstić information content (AvgIpc) is 3.32. The summed E-state index contributed by atoms with van der Waals surface area (Å²) in [4.78, 5) is 7.87. The van der Waals surface area contributed by atoms with Crippen LogP contribution in [-0.2, 0) is 16.4 Å². The molecule has 2 heterocycles. The van der Waals surface area contributed by atoms with Crippen LogP contribution in [0.4, 0.5) is 18.9 Å². The zero-order valence-electron chi connectivity index (χ0n) is 15.3. The Hall–Kier alpha value is -2.13. The minimum absolute atomic E-state index is 0.0897. The average molecular weight is 411 g/mol. The molecule has 5 nitrogen and oxygen atoms in total. The van der Waals surface area contributed by atoms with E-state index >= 15 is 0 Å². The Kier molecular flexibility index (Phi) is 4.42. The molecule has 1 saturated heterocycles. The van der Waals surface area contributed by atoms with E-state index in [2.05, 4.69) is 14.8 Å². The molecule has 1 saturated carbocycles. The Balaban J connectivity index is 1.53. The highest BCUT2D eigenvalue weighted by Crippen LogP contribution is 2.48. The molecule has 1 aliphatic heterocycles. The smallest absolute Gasteiger partial charge is 0.357 e. The van der Waals surface area contributed by atoms with E-state index in [4.69, 9.17) is 0 Å². The quantitative estimate of drug-likeness (QED) is 0.771. The number of hydrogen-bond donors (Lipinski definition) is 0. The second kappa shape index (κ2) is 6.45. The SMILES string of the molecule is Cc1cnccc1CN1CN(c2ccc(S(=O)(=O)C(F)(F)F)cc2)CC12CC2. The molecule has 4 rings (SSSR count). The van der Waals surface area contributed by atoms with Crippen LogP contribution < -0.4 is 4.90 Å². The topological polar surface area (TPSA) is 53.5 Å². The zero-order chi connectivity index (χ0) is 20.2. The maximum Gasteiger partial charge on any atom is 0.501 e. The summed E-state index contributed by atoms with van der Waals surface area (Å²) >= 11 is 0. The molecule has 28 heavy (non-hydrogen) atoms. The first-order valence-corrected chi connectivity index (χ1v) is 10.4. The van der Waals surface area contributed by atoms with Gasteiger partial charge in [-0.2, -0.15) is 13.2 Å². The van der Waals surface area contributed by atoms with Crippen molar-refractivity contribution in [3.05, 3.63) is 53.9 Å². The van der Waals surface area contributed by atoms with Gasteiger partial charge in [0.15, 0.2) is 0 Å². The van der Waals surface area contributed by atoms with Crippen LogP contribution in [0.15, 0.2) is 47.6 Å². The third kappa shape index (κ3) is 3.26. The number of alkyl halides is 3. The molecule has 9 heteroatoms. The lowest BCUT2D eigenvalue weighted by Gasteiger charge is -2.23. The molecule has 1 aromatic carbocycles. The van der Waals surface area contributed by atoms with E-state index in [1.54, 1.807) is 6.20 Å². The van der Waals surface area contributed by atoms with Crippen LogP contribution in [0, 0.1) is 6.92 Å². The number of nitrogens with zero attached hydrogens (tertiary/aromatic N) is 3. The number of halogens is 3. The fourth-order valence-corrected chi connectivity index (χ4v) is 4.49. The van der Waals surface area contributed by atoms with Crippen LogP contribution in [0.25, 0.3) is 0 Å². The summed E-state index contributed by atoms with van der Waals surface area (Å²) < 4.78 is 61.2. The standard InChI is InChI=1S/C19H20F3N3O2S/c1-14-10-23-9-6-15(14)11-25-13-24(12-18(25)7-8-18)16-2-4-17(5-3-16)28(26,27)19(20,21)22/h2-6,9-10H,7-8,11-13H2,1H3. The van der Waals surface area contributed by atoms with Crippen LogP contribution in [-0.4, -0.2) is 42.6 Å². The van der Waals surface area contributed by atoms with Gasteiger partial charge >= 0.3 is 5.51 Å². The van der Waals surface area contributed by atoms with Gasteiger partial charge in [0.2, 0.25) is 0 Å². The number of sulfone groups is 1. The van der Waals surface area contributed by atoms with Crippen LogP contribution in [0.2, 0.25) is 0 Å². The van der Waals surface area contributed by atoms with Gasteiger partial charge in [-0.05, 0) is 61.2 Å². The number of anilines is 1. The van der Waals surface area contributed by atoms with Gasteiger partial charge in [-0.3, -0.25) is 9.88 Å². The van der Waals surface area contributed by atoms with Crippen molar-refractivity contribution >= 4 is 15.5 Å². The van der Waals surface area contributed by atoms with Gasteiger partial charge in [-0.1, -0.05) is 0 Å². The third-order valence-corrected chi connectivity index (χ3v) is 7.14. The lowest BCUT2D eigenvalue weighted by atomic mass is 10.1. The van der Waals surface area contributed by atoms with E-state index in [0.717, 1.165) is 49.3 Å². The van der Waals surface area contributed by atoms with Gasteiger partial charge in [0.05, 0.1) is 11.6 Å². The number of rotatable bonds is 4. The Morgan fingerprint density at radius 1 is 1.14 bits per heavy atom. The van der Waals surface area contributed by atoms with Gasteiger partial charge in [0.25, 0.3) is 9.84 Å². The first-order valence-electron chi connectivity index (χ1n) is 8.93. The minimum Gasteiger partial charge on any atom is -0.357 e. The lowest BCUT2D eigenvalue weighted by Crippen LogP contribution is -2.32. The van der Waals surface area contributed by atoms with Crippen molar-refractivity contribution in [3.63, 3.8) is 0 Å². The molecular formula is C19H20F3N3O2S. The number of aromatic nitrogens is 1. The molecule has 0 N–H and O–H groups in total. The molecule has 150 valence electrons. The maximum atomic E-state index is 12.7. The van der Waals surface area contributed by atoms with E-state index in [0.29, 0.717) is 6.67 Å². The van der Waals surface area contributed by atoms with Crippen molar-refractivity contribution < 1.29 is 21.6 Å². The molecule has 0 unspecified atom stereocenters. The summed E-state index contributed by atoms with van der Waals surface area (Å²) in [7, 11) is -5.32. The molecule has 1 aliphatic carbocycles. The third-order valence-electron chi connectivity index (χ3n) is 5.64. The van der Waals surface area contributed by atoms with Crippen molar-refractivity contribution in [2.45, 2.75) is 42.3 Å². The van der Waals surface area contributed by atoms with E-state index in [9.17, 15) is 21.6 Å². The van der Waals surface area contributed by atoms with Crippen molar-refractivity contribution in [1.29, 1.82) is 0 Å². The number of aryl methyl sites for hydroxylation is 1. The number of pyridine rings is 1. The van der Waals surface area contributed by atoms with Crippen molar-refractivity contribution in [2.24, 2.45) is 0 Å². The highest BCUT2D eigenvalue weighted by atomic mass is 32.2. The van der Waals surface area contributed by atoms with E-state index in [-0.39, 0.29) is 5.54 Å². The highest BCUT2D eigenvalue weighted by molar-refractivity contribution is 7.92. The van der Waals surface area contributed by atoms with Crippen molar-refractivity contribution in [1.82, 2.24) is 9.88 Å². The fraction of sp³-hybridized carbons (Fsp3) is 0.421. The van der Waals surface area contributed by atoms with Crippen molar-refractivity contribution in [3.8, 4) is 0 Å². The molecular weight excluding hydrogens is 391 g/mol. The minimum atomic E-state index is -5.32. The van der Waals surface area contributed by atoms with Gasteiger partial charge in [-0.25, -0.2) is 8.42 Å². The van der Waals surface area contributed by atoms with E-state index in [1.807, 2.05) is 19.2 Å². The Bertz CT molecular complexity index is 986. The summed E-state index contributed by atoms with van der Waals surface area (Å²) in [6.45, 7) is 4.23. The van der Waals surface area contributed by atoms with Crippen LogP contribution in [0.1, 0.15) is 24.0 Å². The van der Waals surface area contributed by atoms with Gasteiger partial charge < -0.3 is 4.90 Å². The van der Waals surface area contributed by atoms with Crippen LogP contribution >= 0.6 is 0 Å². The summed E-state index contributed by atoms with van der Waals surface area (Å²) in [6, 6.07) is 6.98. The first kappa shape index (κ1) is 19.2. The second-order valence-electron chi connectivity index (χ2n) is 7.51. The largest absolute Gasteiger partial charge is 0.501 e. The number of hydrogen-bond acceptors (Lipinski definition) is 5. The first-order chi connectivity index (χ1) is 13.1. The zero-order valence-corrected chi connectivity index (χ0v) is 16.1. The molecule has 1 aromatic heterocycles. The molecule has 2 fully saturated rings. The molecule has 1 spiro atoms.